The molecule has 1 amide bonds. The lowest BCUT2D eigenvalue weighted by atomic mass is 10.1. The summed E-state index contributed by atoms with van der Waals surface area (Å²) < 4.78 is 26.9. The molecule has 6 nitrogen and oxygen atoms in total. The van der Waals surface area contributed by atoms with Crippen LogP contribution in [0.5, 0.6) is 0 Å². The molecule has 8 heteroatoms. The molecule has 0 saturated heterocycles. The summed E-state index contributed by atoms with van der Waals surface area (Å²) >= 11 is 0.263. The van der Waals surface area contributed by atoms with Crippen LogP contribution in [0.25, 0.3) is 16.6 Å². The van der Waals surface area contributed by atoms with Crippen LogP contribution in [-0.4, -0.2) is 29.9 Å². The van der Waals surface area contributed by atoms with Gasteiger partial charge >= 0.3 is 0 Å². The van der Waals surface area contributed by atoms with Crippen LogP contribution in [-0.2, 0) is 11.3 Å². The van der Waals surface area contributed by atoms with Gasteiger partial charge in [0.25, 0.3) is 5.91 Å². The molecule has 3 rings (SSSR count). The second-order valence-electron chi connectivity index (χ2n) is 6.20. The van der Waals surface area contributed by atoms with Crippen molar-refractivity contribution in [3.63, 3.8) is 0 Å². The molecule has 0 spiro atoms. The van der Waals surface area contributed by atoms with Gasteiger partial charge in [-0.15, -0.1) is 0 Å². The Morgan fingerprint density at radius 1 is 1.35 bits per heavy atom. The molecule has 0 fully saturated rings. The van der Waals surface area contributed by atoms with Crippen molar-refractivity contribution in [3.8, 4) is 5.69 Å². The molecular formula is C18H17FN4O2S. The van der Waals surface area contributed by atoms with Gasteiger partial charge in [-0.05, 0) is 30.2 Å². The van der Waals surface area contributed by atoms with Crippen LogP contribution in [0.2, 0.25) is 0 Å². The largest absolute Gasteiger partial charge is 0.314 e. The number of halogens is 1. The van der Waals surface area contributed by atoms with E-state index < -0.39 is 11.7 Å². The fourth-order valence-electron chi connectivity index (χ4n) is 2.56. The van der Waals surface area contributed by atoms with Gasteiger partial charge in [-0.1, -0.05) is 13.8 Å². The molecule has 0 aliphatic carbocycles. The van der Waals surface area contributed by atoms with Gasteiger partial charge in [0.2, 0.25) is 0 Å². The van der Waals surface area contributed by atoms with Crippen LogP contribution in [0.4, 0.5) is 4.39 Å². The average Bonchev–Trinajstić information content (AvgIpc) is 3.08. The lowest BCUT2D eigenvalue weighted by molar-refractivity contribution is 0.0978. The summed E-state index contributed by atoms with van der Waals surface area (Å²) in [6, 6.07) is 6.11. The molecule has 0 atom stereocenters. The monoisotopic (exact) mass is 372 g/mol. The first kappa shape index (κ1) is 17.9. The van der Waals surface area contributed by atoms with Crippen molar-refractivity contribution in [1.29, 1.82) is 0 Å². The number of fused-ring (bicyclic) bond motifs is 1. The van der Waals surface area contributed by atoms with Gasteiger partial charge in [-0.25, -0.2) is 13.3 Å². The van der Waals surface area contributed by atoms with Gasteiger partial charge in [-0.3, -0.25) is 9.78 Å². The smallest absolute Gasteiger partial charge is 0.256 e. The molecular weight excluding hydrogens is 355 g/mol. The zero-order chi connectivity index (χ0) is 18.7. The number of hydrogen-bond donors (Lipinski definition) is 1. The summed E-state index contributed by atoms with van der Waals surface area (Å²) in [5.74, 6) is -0.753. The molecule has 0 radical (unpaired) electrons. The molecule has 1 N–H and O–H groups in total. The molecule has 2 heterocycles. The minimum atomic E-state index is -0.524. The molecule has 3 aromatic rings. The summed E-state index contributed by atoms with van der Waals surface area (Å²) in [5, 5.41) is 7.22. The molecule has 134 valence electrons. The zero-order valence-electron chi connectivity index (χ0n) is 14.3. The van der Waals surface area contributed by atoms with Crippen molar-refractivity contribution in [2.24, 2.45) is 5.92 Å². The van der Waals surface area contributed by atoms with E-state index in [1.54, 1.807) is 30.7 Å². The summed E-state index contributed by atoms with van der Waals surface area (Å²) in [5.41, 5.74) is 0.991. The van der Waals surface area contributed by atoms with Gasteiger partial charge in [0.05, 0.1) is 17.4 Å². The first-order valence-corrected chi connectivity index (χ1v) is 8.79. The maximum absolute atomic E-state index is 14.2. The number of benzene rings is 1. The minimum absolute atomic E-state index is 0.0849. The fourth-order valence-corrected chi connectivity index (χ4v) is 3.10. The average molecular weight is 372 g/mol. The number of amides is 1. The Labute approximate surface area is 153 Å². The Hall–Kier alpha value is -2.87. The maximum atomic E-state index is 14.2. The van der Waals surface area contributed by atoms with E-state index in [4.69, 9.17) is 0 Å². The molecule has 26 heavy (non-hydrogen) atoms. The highest BCUT2D eigenvalue weighted by atomic mass is 32.1. The standard InChI is InChI=1S/C18H17FN4O2S/c1-11(2)8-16(26-25)21-18(24)13-5-6-15(19)17-14(13)10-23(22-17)12-4-3-7-20-9-12/h3-7,9-11H,8H2,1-2H3,(H,21,24). The summed E-state index contributed by atoms with van der Waals surface area (Å²) in [6.45, 7) is 3.91. The van der Waals surface area contributed by atoms with Gasteiger partial charge in [0, 0.05) is 24.2 Å². The van der Waals surface area contributed by atoms with Crippen molar-refractivity contribution >= 4 is 33.1 Å². The Kier molecular flexibility index (Phi) is 5.22. The van der Waals surface area contributed by atoms with Crippen molar-refractivity contribution in [1.82, 2.24) is 20.1 Å². The van der Waals surface area contributed by atoms with Crippen molar-refractivity contribution in [2.75, 3.05) is 0 Å². The Morgan fingerprint density at radius 3 is 2.81 bits per heavy atom. The van der Waals surface area contributed by atoms with E-state index in [0.29, 0.717) is 22.5 Å². The highest BCUT2D eigenvalue weighted by Gasteiger charge is 2.18. The second-order valence-corrected chi connectivity index (χ2v) is 6.86. The SMILES string of the molecule is CC(C)CC(NC(=O)c1ccc(F)c2nn(-c3cccnc3)cc12)=S=O. The van der Waals surface area contributed by atoms with E-state index in [2.05, 4.69) is 15.4 Å². The fraction of sp³-hybridized carbons (Fsp3) is 0.222. The number of pyridine rings is 1. The lowest BCUT2D eigenvalue weighted by Gasteiger charge is -2.09. The molecule has 2 aromatic heterocycles. The molecule has 0 aliphatic heterocycles. The summed E-state index contributed by atoms with van der Waals surface area (Å²) in [6.07, 6.45) is 5.26. The summed E-state index contributed by atoms with van der Waals surface area (Å²) in [7, 11) is 0. The van der Waals surface area contributed by atoms with Crippen molar-refractivity contribution in [2.45, 2.75) is 20.3 Å². The van der Waals surface area contributed by atoms with Gasteiger partial charge in [0.15, 0.2) is 5.82 Å². The number of carbonyl (C=O) groups is 1. The zero-order valence-corrected chi connectivity index (χ0v) is 15.1. The molecule has 1 aromatic carbocycles. The second kappa shape index (κ2) is 7.57. The van der Waals surface area contributed by atoms with Crippen molar-refractivity contribution in [3.05, 3.63) is 54.2 Å². The predicted molar refractivity (Wildman–Crippen MR) is 98.9 cm³/mol. The molecule has 0 unspecified atom stereocenters. The minimum Gasteiger partial charge on any atom is -0.314 e. The van der Waals surface area contributed by atoms with Crippen LogP contribution in [0, 0.1) is 11.7 Å². The first-order valence-electron chi connectivity index (χ1n) is 8.05. The van der Waals surface area contributed by atoms with E-state index in [1.165, 1.54) is 16.8 Å². The van der Waals surface area contributed by atoms with E-state index in [-0.39, 0.29) is 28.3 Å². The quantitative estimate of drug-likeness (QED) is 0.715. The molecule has 0 saturated carbocycles. The third-order valence-electron chi connectivity index (χ3n) is 3.73. The molecule has 0 bridgehead atoms. The first-order chi connectivity index (χ1) is 12.5. The van der Waals surface area contributed by atoms with E-state index in [9.17, 15) is 13.4 Å². The predicted octanol–water partition coefficient (Wildman–Crippen LogP) is 2.68. The maximum Gasteiger partial charge on any atom is 0.256 e. The number of nitrogens with one attached hydrogen (secondary N) is 1. The normalized spacial score (nSPS) is 10.9. The third-order valence-corrected chi connectivity index (χ3v) is 4.20. The Balaban J connectivity index is 2.01. The van der Waals surface area contributed by atoms with E-state index in [0.717, 1.165) is 0 Å². The number of hydrogen-bond acceptors (Lipinski definition) is 4. The molecule has 0 aliphatic rings. The van der Waals surface area contributed by atoms with Gasteiger partial charge in [0.1, 0.15) is 21.8 Å². The van der Waals surface area contributed by atoms with E-state index in [1.807, 2.05) is 13.8 Å². The topological polar surface area (TPSA) is 76.9 Å². The van der Waals surface area contributed by atoms with Crippen LogP contribution < -0.4 is 5.32 Å². The van der Waals surface area contributed by atoms with Crippen LogP contribution in [0.15, 0.2) is 42.9 Å². The Bertz CT molecular complexity index is 1010. The van der Waals surface area contributed by atoms with Gasteiger partial charge < -0.3 is 5.32 Å². The lowest BCUT2D eigenvalue weighted by Crippen LogP contribution is -2.31. The Morgan fingerprint density at radius 2 is 2.15 bits per heavy atom. The van der Waals surface area contributed by atoms with Crippen molar-refractivity contribution < 1.29 is 13.4 Å². The van der Waals surface area contributed by atoms with Crippen LogP contribution in [0.1, 0.15) is 30.6 Å². The third kappa shape index (κ3) is 3.70. The van der Waals surface area contributed by atoms with E-state index >= 15 is 0 Å². The van der Waals surface area contributed by atoms with Crippen LogP contribution in [0.3, 0.4) is 0 Å². The highest BCUT2D eigenvalue weighted by molar-refractivity contribution is 7.66. The number of carbonyl (C=O) groups excluding carboxylic acids is 1. The van der Waals surface area contributed by atoms with Gasteiger partial charge in [-0.2, -0.15) is 5.10 Å². The highest BCUT2D eigenvalue weighted by Crippen LogP contribution is 2.22. The number of rotatable bonds is 4. The summed E-state index contributed by atoms with van der Waals surface area (Å²) in [4.78, 5) is 17.0. The number of nitrogens with zero attached hydrogens (tertiary/aromatic N) is 3. The van der Waals surface area contributed by atoms with Crippen LogP contribution >= 0.6 is 0 Å². The number of aromatic nitrogens is 3.